The average molecular weight is 559 g/mol. The lowest BCUT2D eigenvalue weighted by Crippen LogP contribution is -2.30. The van der Waals surface area contributed by atoms with Gasteiger partial charge in [-0.1, -0.05) is 18.2 Å². The Morgan fingerprint density at radius 2 is 1.76 bits per heavy atom. The number of piperidine rings is 1. The molecule has 6 rings (SSSR count). The van der Waals surface area contributed by atoms with Crippen molar-refractivity contribution >= 4 is 23.2 Å². The second-order valence-corrected chi connectivity index (χ2v) is 10.9. The number of likely N-dealkylation sites (tertiary alicyclic amines) is 1. The van der Waals surface area contributed by atoms with E-state index in [4.69, 9.17) is 4.98 Å². The molecule has 0 radical (unpaired) electrons. The fourth-order valence-corrected chi connectivity index (χ4v) is 5.37. The molecule has 212 valence electrons. The van der Waals surface area contributed by atoms with E-state index in [1.54, 1.807) is 23.3 Å². The maximum Gasteiger partial charge on any atom is 0.255 e. The Bertz CT molecular complexity index is 1710. The molecular formula is C33H34N8O. The Kier molecular flexibility index (Phi) is 7.74. The third kappa shape index (κ3) is 6.21. The predicted octanol–water partition coefficient (Wildman–Crippen LogP) is 6.05. The summed E-state index contributed by atoms with van der Waals surface area (Å²) in [7, 11) is 4.06. The minimum atomic E-state index is -0.171. The first-order chi connectivity index (χ1) is 20.4. The third-order valence-corrected chi connectivity index (χ3v) is 7.71. The highest BCUT2D eigenvalue weighted by Gasteiger charge is 2.19. The van der Waals surface area contributed by atoms with Crippen molar-refractivity contribution in [3.63, 3.8) is 0 Å². The molecule has 1 aliphatic heterocycles. The number of nitrogens with one attached hydrogen (secondary N) is 2. The Hall–Kier alpha value is -4.89. The molecule has 9 nitrogen and oxygen atoms in total. The van der Waals surface area contributed by atoms with Gasteiger partial charge in [0.2, 0.25) is 5.95 Å². The minimum absolute atomic E-state index is 0.171. The molecule has 3 aromatic heterocycles. The lowest BCUT2D eigenvalue weighted by atomic mass is 9.91. The number of anilines is 3. The number of likely N-dealkylation sites (N-methyl/N-ethyl adjacent to an activating group) is 1. The van der Waals surface area contributed by atoms with Gasteiger partial charge in [-0.15, -0.1) is 0 Å². The topological polar surface area (TPSA) is 101 Å². The average Bonchev–Trinajstić information content (AvgIpc) is 3.45. The first kappa shape index (κ1) is 27.3. The van der Waals surface area contributed by atoms with E-state index in [0.717, 1.165) is 52.5 Å². The number of amides is 1. The Morgan fingerprint density at radius 3 is 2.52 bits per heavy atom. The Morgan fingerprint density at radius 1 is 0.952 bits per heavy atom. The SMILES string of the molecule is Cc1ccc(C(=O)Nc2ccc(C3CCCN(C)C3)cc2)cc1Nc1nccc(-c2cncc(-c3ccn(C)n3)c2)n1. The predicted molar refractivity (Wildman–Crippen MR) is 166 cm³/mol. The molecule has 0 aliphatic carbocycles. The quantitative estimate of drug-likeness (QED) is 0.251. The van der Waals surface area contributed by atoms with Gasteiger partial charge in [-0.05, 0) is 92.9 Å². The minimum Gasteiger partial charge on any atom is -0.324 e. The number of hydrogen-bond acceptors (Lipinski definition) is 7. The van der Waals surface area contributed by atoms with Crippen LogP contribution in [-0.2, 0) is 7.05 Å². The van der Waals surface area contributed by atoms with Gasteiger partial charge in [-0.25, -0.2) is 9.97 Å². The molecule has 1 amide bonds. The van der Waals surface area contributed by atoms with Crippen LogP contribution in [0.3, 0.4) is 0 Å². The summed E-state index contributed by atoms with van der Waals surface area (Å²) in [6, 6.07) is 19.6. The summed E-state index contributed by atoms with van der Waals surface area (Å²) in [6.07, 6.45) is 9.59. The number of aromatic nitrogens is 5. The molecule has 9 heteroatoms. The van der Waals surface area contributed by atoms with E-state index in [1.807, 2.05) is 68.7 Å². The molecule has 2 N–H and O–H groups in total. The van der Waals surface area contributed by atoms with Crippen LogP contribution in [0.15, 0.2) is 85.5 Å². The molecule has 42 heavy (non-hydrogen) atoms. The molecule has 0 spiro atoms. The van der Waals surface area contributed by atoms with Gasteiger partial charge in [0.15, 0.2) is 0 Å². The van der Waals surface area contributed by atoms with Crippen LogP contribution in [0.2, 0.25) is 0 Å². The van der Waals surface area contributed by atoms with E-state index in [1.165, 1.54) is 18.4 Å². The number of carbonyl (C=O) groups is 1. The van der Waals surface area contributed by atoms with E-state index >= 15 is 0 Å². The standard InChI is InChI=1S/C33H34N8O/c1-22-6-7-24(32(42)36-28-10-8-23(9-11-28)25-5-4-15-40(2)21-25)18-31(22)38-33-35-14-12-29(37-33)26-17-27(20-34-19-26)30-13-16-41(3)39-30/h6-14,16-20,25H,4-5,15,21H2,1-3H3,(H,36,42)(H,35,37,38). The molecule has 1 aliphatic rings. The second kappa shape index (κ2) is 11.9. The maximum atomic E-state index is 13.2. The van der Waals surface area contributed by atoms with Crippen LogP contribution in [0.4, 0.5) is 17.3 Å². The molecule has 1 fully saturated rings. The highest BCUT2D eigenvalue weighted by molar-refractivity contribution is 6.05. The van der Waals surface area contributed by atoms with Crippen LogP contribution in [0, 0.1) is 6.92 Å². The maximum absolute atomic E-state index is 13.2. The van der Waals surface area contributed by atoms with Crippen molar-refractivity contribution < 1.29 is 4.79 Å². The third-order valence-electron chi connectivity index (χ3n) is 7.71. The van der Waals surface area contributed by atoms with Crippen molar-refractivity contribution in [2.24, 2.45) is 7.05 Å². The van der Waals surface area contributed by atoms with Gasteiger partial charge < -0.3 is 15.5 Å². The summed E-state index contributed by atoms with van der Waals surface area (Å²) in [4.78, 5) is 29.1. The van der Waals surface area contributed by atoms with Crippen molar-refractivity contribution in [1.82, 2.24) is 29.6 Å². The lowest BCUT2D eigenvalue weighted by molar-refractivity contribution is 0.102. The largest absolute Gasteiger partial charge is 0.324 e. The first-order valence-corrected chi connectivity index (χ1v) is 14.2. The number of nitrogens with zero attached hydrogens (tertiary/aromatic N) is 6. The van der Waals surface area contributed by atoms with E-state index in [0.29, 0.717) is 17.4 Å². The van der Waals surface area contributed by atoms with E-state index in [9.17, 15) is 4.79 Å². The number of pyridine rings is 1. The number of aryl methyl sites for hydroxylation is 2. The van der Waals surface area contributed by atoms with Crippen molar-refractivity contribution in [3.05, 3.63) is 102 Å². The summed E-state index contributed by atoms with van der Waals surface area (Å²) in [6.45, 7) is 4.22. The molecule has 1 unspecified atom stereocenters. The summed E-state index contributed by atoms with van der Waals surface area (Å²) >= 11 is 0. The van der Waals surface area contributed by atoms with Crippen LogP contribution >= 0.6 is 0 Å². The van der Waals surface area contributed by atoms with Crippen LogP contribution in [0.25, 0.3) is 22.5 Å². The smallest absolute Gasteiger partial charge is 0.255 e. The first-order valence-electron chi connectivity index (χ1n) is 14.2. The highest BCUT2D eigenvalue weighted by Crippen LogP contribution is 2.28. The van der Waals surface area contributed by atoms with Gasteiger partial charge in [0.05, 0.1) is 11.4 Å². The van der Waals surface area contributed by atoms with E-state index in [2.05, 4.69) is 49.8 Å². The molecule has 2 aromatic carbocycles. The van der Waals surface area contributed by atoms with Gasteiger partial charge in [0.1, 0.15) is 0 Å². The van der Waals surface area contributed by atoms with Gasteiger partial charge in [0.25, 0.3) is 5.91 Å². The number of carbonyl (C=O) groups excluding carboxylic acids is 1. The normalized spacial score (nSPS) is 15.4. The van der Waals surface area contributed by atoms with Crippen LogP contribution in [-0.4, -0.2) is 55.7 Å². The molecule has 5 aromatic rings. The highest BCUT2D eigenvalue weighted by atomic mass is 16.1. The van der Waals surface area contributed by atoms with Gasteiger partial charge in [0, 0.05) is 66.4 Å². The fraction of sp³-hybridized carbons (Fsp3) is 0.242. The van der Waals surface area contributed by atoms with Crippen LogP contribution < -0.4 is 10.6 Å². The second-order valence-electron chi connectivity index (χ2n) is 10.9. The molecule has 0 bridgehead atoms. The van der Waals surface area contributed by atoms with Crippen molar-refractivity contribution in [2.45, 2.75) is 25.7 Å². The molecular weight excluding hydrogens is 524 g/mol. The molecule has 0 saturated carbocycles. The zero-order valence-corrected chi connectivity index (χ0v) is 24.1. The fourth-order valence-electron chi connectivity index (χ4n) is 5.37. The number of hydrogen-bond donors (Lipinski definition) is 2. The summed E-state index contributed by atoms with van der Waals surface area (Å²) in [5, 5.41) is 10.8. The van der Waals surface area contributed by atoms with Crippen molar-refractivity contribution in [2.75, 3.05) is 30.8 Å². The summed E-state index contributed by atoms with van der Waals surface area (Å²) in [5.74, 6) is 0.802. The van der Waals surface area contributed by atoms with Gasteiger partial charge >= 0.3 is 0 Å². The van der Waals surface area contributed by atoms with Crippen LogP contribution in [0.5, 0.6) is 0 Å². The lowest BCUT2D eigenvalue weighted by Gasteiger charge is -2.30. The van der Waals surface area contributed by atoms with Gasteiger partial charge in [-0.3, -0.25) is 14.5 Å². The monoisotopic (exact) mass is 558 g/mol. The number of benzene rings is 2. The summed E-state index contributed by atoms with van der Waals surface area (Å²) in [5.41, 5.74) is 7.72. The molecule has 1 atom stereocenters. The van der Waals surface area contributed by atoms with Crippen molar-refractivity contribution in [3.8, 4) is 22.5 Å². The Labute approximate surface area is 245 Å². The van der Waals surface area contributed by atoms with Crippen molar-refractivity contribution in [1.29, 1.82) is 0 Å². The van der Waals surface area contributed by atoms with Crippen LogP contribution in [0.1, 0.15) is 40.2 Å². The van der Waals surface area contributed by atoms with E-state index < -0.39 is 0 Å². The zero-order chi connectivity index (χ0) is 29.1. The zero-order valence-electron chi connectivity index (χ0n) is 24.1. The van der Waals surface area contributed by atoms with E-state index in [-0.39, 0.29) is 5.91 Å². The summed E-state index contributed by atoms with van der Waals surface area (Å²) < 4.78 is 1.76. The molecule has 4 heterocycles. The van der Waals surface area contributed by atoms with Gasteiger partial charge in [-0.2, -0.15) is 5.10 Å². The Balaban J connectivity index is 1.16. The number of rotatable bonds is 7. The molecule has 1 saturated heterocycles.